The maximum Gasteiger partial charge on any atom is 0.252 e. The van der Waals surface area contributed by atoms with Gasteiger partial charge in [-0.15, -0.1) is 0 Å². The summed E-state index contributed by atoms with van der Waals surface area (Å²) >= 11 is 0. The second-order valence-corrected chi connectivity index (χ2v) is 20.2. The third-order valence-corrected chi connectivity index (χ3v) is 16.2. The Labute approximate surface area is 418 Å². The molecule has 10 aromatic carbocycles. The van der Waals surface area contributed by atoms with Crippen molar-refractivity contribution in [2.75, 3.05) is 9.80 Å². The lowest BCUT2D eigenvalue weighted by Crippen LogP contribution is -2.61. The number of hydrogen-bond acceptors (Lipinski definition) is 2. The third-order valence-electron chi connectivity index (χ3n) is 16.2. The Balaban J connectivity index is 0.938. The van der Waals surface area contributed by atoms with E-state index < -0.39 is 0 Å². The van der Waals surface area contributed by atoms with Crippen molar-refractivity contribution in [3.63, 3.8) is 0 Å². The van der Waals surface area contributed by atoms with Gasteiger partial charge in [-0.2, -0.15) is 0 Å². The van der Waals surface area contributed by atoms with Gasteiger partial charge in [-0.25, -0.2) is 0 Å². The van der Waals surface area contributed by atoms with E-state index in [9.17, 15) is 0 Å². The topological polar surface area (TPSA) is 6.48 Å². The summed E-state index contributed by atoms with van der Waals surface area (Å²) in [6, 6.07) is 87.3. The summed E-state index contributed by atoms with van der Waals surface area (Å²) in [5, 5.41) is 0. The number of benzene rings is 10. The Hall–Kier alpha value is -8.14. The van der Waals surface area contributed by atoms with E-state index in [1.807, 2.05) is 0 Å². The molecule has 0 saturated heterocycles. The van der Waals surface area contributed by atoms with E-state index in [0.717, 1.165) is 12.8 Å². The molecule has 71 heavy (non-hydrogen) atoms. The molecule has 2 aliphatic heterocycles. The highest BCUT2D eigenvalue weighted by Gasteiger charge is 2.44. The number of anilines is 6. The summed E-state index contributed by atoms with van der Waals surface area (Å²) in [6.45, 7) is 0.0618. The van der Waals surface area contributed by atoms with Crippen molar-refractivity contribution >= 4 is 57.2 Å². The molecule has 2 aliphatic carbocycles. The highest BCUT2D eigenvalue weighted by molar-refractivity contribution is 7.00. The molecule has 0 atom stereocenters. The van der Waals surface area contributed by atoms with Crippen LogP contribution in [0.5, 0.6) is 0 Å². The molecule has 0 amide bonds. The zero-order valence-corrected chi connectivity index (χ0v) is 39.9. The minimum Gasteiger partial charge on any atom is -0.311 e. The van der Waals surface area contributed by atoms with Crippen LogP contribution in [0.25, 0.3) is 44.5 Å². The summed E-state index contributed by atoms with van der Waals surface area (Å²) in [4.78, 5) is 5.16. The van der Waals surface area contributed by atoms with E-state index in [0.29, 0.717) is 5.92 Å². The van der Waals surface area contributed by atoms with E-state index >= 15 is 0 Å². The molecule has 3 heteroatoms. The first-order valence-electron chi connectivity index (χ1n) is 25.8. The minimum atomic E-state index is 0.0618. The van der Waals surface area contributed by atoms with E-state index in [2.05, 4.69) is 240 Å². The van der Waals surface area contributed by atoms with Crippen LogP contribution in [-0.2, 0) is 12.8 Å². The average Bonchev–Trinajstić information content (AvgIpc) is 3.44. The van der Waals surface area contributed by atoms with Gasteiger partial charge in [0.15, 0.2) is 0 Å². The Morgan fingerprint density at radius 2 is 0.803 bits per heavy atom. The van der Waals surface area contributed by atoms with Crippen LogP contribution < -0.4 is 26.2 Å². The molecule has 338 valence electrons. The van der Waals surface area contributed by atoms with Crippen molar-refractivity contribution in [1.29, 1.82) is 0 Å². The molecule has 0 radical (unpaired) electrons. The van der Waals surface area contributed by atoms with Crippen molar-refractivity contribution in [3.8, 4) is 44.5 Å². The molecule has 4 aliphatic rings. The number of nitrogens with zero attached hydrogens (tertiary/aromatic N) is 2. The third kappa shape index (κ3) is 7.17. The maximum atomic E-state index is 2.60. The van der Waals surface area contributed by atoms with Crippen LogP contribution >= 0.6 is 0 Å². The SMILES string of the molecule is c1ccc(-c2ccc3c(c2)B2c4ccccc4N(c4ccccc4)c4cc(C5CCCCC5)cc(c42)N3c2ccc(-c3ccc4c(c3)Cc3ccccc3-c3ccccc3Cc3ccccc3-4)cc2)cc1. The predicted octanol–water partition coefficient (Wildman–Crippen LogP) is 16.0. The summed E-state index contributed by atoms with van der Waals surface area (Å²) in [5.74, 6) is 0.532. The lowest BCUT2D eigenvalue weighted by atomic mass is 9.33. The van der Waals surface area contributed by atoms with Crippen molar-refractivity contribution < 1.29 is 0 Å². The van der Waals surface area contributed by atoms with Gasteiger partial charge in [-0.05, 0) is 169 Å². The average molecular weight is 909 g/mol. The first-order chi connectivity index (χ1) is 35.2. The van der Waals surface area contributed by atoms with Gasteiger partial charge in [-0.1, -0.05) is 201 Å². The van der Waals surface area contributed by atoms with Gasteiger partial charge >= 0.3 is 0 Å². The van der Waals surface area contributed by atoms with Crippen LogP contribution in [0.3, 0.4) is 0 Å². The largest absolute Gasteiger partial charge is 0.311 e. The van der Waals surface area contributed by atoms with Gasteiger partial charge in [0.1, 0.15) is 0 Å². The first kappa shape index (κ1) is 41.8. The number of rotatable bonds is 5. The zero-order valence-electron chi connectivity index (χ0n) is 39.9. The number of para-hydroxylation sites is 2. The highest BCUT2D eigenvalue weighted by atomic mass is 15.2. The van der Waals surface area contributed by atoms with E-state index in [-0.39, 0.29) is 6.71 Å². The lowest BCUT2D eigenvalue weighted by molar-refractivity contribution is 0.444. The zero-order chi connectivity index (χ0) is 46.8. The fourth-order valence-electron chi connectivity index (χ4n) is 12.8. The smallest absolute Gasteiger partial charge is 0.252 e. The van der Waals surface area contributed by atoms with Crippen molar-refractivity contribution in [2.45, 2.75) is 50.9 Å². The molecule has 1 saturated carbocycles. The van der Waals surface area contributed by atoms with E-state index in [1.54, 1.807) is 0 Å². The molecular formula is C68H53BN2. The molecule has 0 unspecified atom stereocenters. The summed E-state index contributed by atoms with van der Waals surface area (Å²) < 4.78 is 0. The molecule has 0 spiro atoms. The van der Waals surface area contributed by atoms with Crippen molar-refractivity contribution in [1.82, 2.24) is 0 Å². The molecule has 2 nitrogen and oxygen atoms in total. The number of hydrogen-bond donors (Lipinski definition) is 0. The maximum absolute atomic E-state index is 2.60. The van der Waals surface area contributed by atoms with Gasteiger partial charge < -0.3 is 9.80 Å². The predicted molar refractivity (Wildman–Crippen MR) is 300 cm³/mol. The Bertz CT molecular complexity index is 3650. The molecule has 0 N–H and O–H groups in total. The summed E-state index contributed by atoms with van der Waals surface area (Å²) in [7, 11) is 0. The summed E-state index contributed by atoms with van der Waals surface area (Å²) in [6.07, 6.45) is 8.12. The summed E-state index contributed by atoms with van der Waals surface area (Å²) in [5.41, 5.74) is 28.7. The van der Waals surface area contributed by atoms with Crippen molar-refractivity contribution in [3.05, 3.63) is 258 Å². The van der Waals surface area contributed by atoms with Crippen LogP contribution in [0, 0.1) is 0 Å². The molecular weight excluding hydrogens is 856 g/mol. The van der Waals surface area contributed by atoms with Crippen LogP contribution in [0.2, 0.25) is 0 Å². The van der Waals surface area contributed by atoms with Gasteiger partial charge in [0.05, 0.1) is 0 Å². The molecule has 14 rings (SSSR count). The highest BCUT2D eigenvalue weighted by Crippen LogP contribution is 2.48. The molecule has 0 aromatic heterocycles. The minimum absolute atomic E-state index is 0.0618. The number of fused-ring (bicyclic) bond motifs is 10. The molecule has 1 fully saturated rings. The first-order valence-corrected chi connectivity index (χ1v) is 25.8. The van der Waals surface area contributed by atoms with E-state index in [1.165, 1.54) is 155 Å². The Kier molecular flexibility index (Phi) is 10.2. The van der Waals surface area contributed by atoms with Gasteiger partial charge in [-0.3, -0.25) is 0 Å². The Morgan fingerprint density at radius 1 is 0.324 bits per heavy atom. The monoisotopic (exact) mass is 908 g/mol. The fraction of sp³-hybridized carbons (Fsp3) is 0.118. The second kappa shape index (κ2) is 17.4. The lowest BCUT2D eigenvalue weighted by Gasteiger charge is -2.45. The fourth-order valence-corrected chi connectivity index (χ4v) is 12.8. The van der Waals surface area contributed by atoms with Crippen LogP contribution in [0.15, 0.2) is 231 Å². The quantitative estimate of drug-likeness (QED) is 0.159. The molecule has 0 bridgehead atoms. The normalized spacial score (nSPS) is 14.5. The van der Waals surface area contributed by atoms with E-state index in [4.69, 9.17) is 0 Å². The van der Waals surface area contributed by atoms with Gasteiger partial charge in [0, 0.05) is 34.1 Å². The van der Waals surface area contributed by atoms with Crippen LogP contribution in [0.4, 0.5) is 34.1 Å². The standard InChI is InChI=1S/C68H53BN2/c1-4-18-46(19-5-1)50-35-39-65-63(43-50)69-62-30-16-17-31-64(62)70(56-25-8-3-9-26-56)66-44-54(47-20-6-2-7-21-47)45-67(68(66)69)71(65)57-36-32-48(33-37-57)49-34-38-61-55(40-49)42-53-24-12-14-28-59(53)58-27-13-10-22-51(58)41-52-23-11-15-29-60(52)61/h1,3-5,8-19,22-40,43-45,47H,2,6-7,20-21,41-42H2. The molecule has 10 aromatic rings. The van der Waals surface area contributed by atoms with Crippen LogP contribution in [0.1, 0.15) is 65.8 Å². The van der Waals surface area contributed by atoms with Gasteiger partial charge in [0.25, 0.3) is 6.71 Å². The van der Waals surface area contributed by atoms with Crippen molar-refractivity contribution in [2.24, 2.45) is 0 Å². The van der Waals surface area contributed by atoms with Crippen LogP contribution in [-0.4, -0.2) is 6.71 Å². The second-order valence-electron chi connectivity index (χ2n) is 20.2. The Morgan fingerprint density at radius 3 is 1.46 bits per heavy atom. The van der Waals surface area contributed by atoms with Gasteiger partial charge in [0.2, 0.25) is 0 Å². The molecule has 2 heterocycles.